The fourth-order valence-electron chi connectivity index (χ4n) is 3.45. The number of nitrogens with one attached hydrogen (secondary N) is 1. The highest BCUT2D eigenvalue weighted by molar-refractivity contribution is 7.10. The van der Waals surface area contributed by atoms with Crippen LogP contribution in [-0.4, -0.2) is 40.6 Å². The van der Waals surface area contributed by atoms with Crippen molar-refractivity contribution < 1.29 is 24.2 Å². The number of carbonyl (C=O) groups is 3. The van der Waals surface area contributed by atoms with E-state index in [4.69, 9.17) is 4.74 Å². The van der Waals surface area contributed by atoms with Crippen LogP contribution in [0.4, 0.5) is 4.79 Å². The molecule has 2 N–H and O–H groups in total. The van der Waals surface area contributed by atoms with E-state index in [9.17, 15) is 19.5 Å². The van der Waals surface area contributed by atoms with E-state index in [-0.39, 0.29) is 25.5 Å². The minimum atomic E-state index is -1.02. The Morgan fingerprint density at radius 1 is 0.941 bits per heavy atom. The van der Waals surface area contributed by atoms with Crippen LogP contribution in [0.15, 0.2) is 65.4 Å². The first kappa shape index (κ1) is 25.5. The standard InChI is InChI=1S/C25H28N2O5S2/c28-23(16-20-10-6-14-33-20)27(17-21-11-7-15-34-21)22(24(29)30)12-4-5-13-26-25(31)32-18-19-8-2-1-3-9-19/h1-3,6-11,14-15,22H,4-5,12-13,16-18H2,(H,26,31)(H,29,30)/t22-/m0/s1. The number of hydrogen-bond donors (Lipinski definition) is 2. The molecule has 0 saturated carbocycles. The number of rotatable bonds is 13. The number of alkyl carbamates (subject to hydrolysis) is 1. The number of carbonyl (C=O) groups excluding carboxylic acids is 2. The van der Waals surface area contributed by atoms with Gasteiger partial charge in [-0.2, -0.15) is 0 Å². The third-order valence-electron chi connectivity index (χ3n) is 5.18. The van der Waals surface area contributed by atoms with Gasteiger partial charge in [-0.1, -0.05) is 42.5 Å². The Morgan fingerprint density at radius 3 is 2.29 bits per heavy atom. The zero-order chi connectivity index (χ0) is 24.2. The molecule has 9 heteroatoms. The van der Waals surface area contributed by atoms with Crippen molar-refractivity contribution in [2.45, 2.75) is 44.9 Å². The van der Waals surface area contributed by atoms with Gasteiger partial charge in [-0.05, 0) is 47.7 Å². The highest BCUT2D eigenvalue weighted by Gasteiger charge is 2.29. The van der Waals surface area contributed by atoms with Crippen molar-refractivity contribution in [2.75, 3.05) is 6.54 Å². The highest BCUT2D eigenvalue weighted by Crippen LogP contribution is 2.20. The van der Waals surface area contributed by atoms with Gasteiger partial charge in [-0.25, -0.2) is 9.59 Å². The summed E-state index contributed by atoms with van der Waals surface area (Å²) in [5, 5.41) is 16.4. The summed E-state index contributed by atoms with van der Waals surface area (Å²) >= 11 is 2.98. The van der Waals surface area contributed by atoms with Crippen LogP contribution in [0.3, 0.4) is 0 Å². The number of nitrogens with zero attached hydrogens (tertiary/aromatic N) is 1. The largest absolute Gasteiger partial charge is 0.480 e. The second kappa shape index (κ2) is 13.5. The third kappa shape index (κ3) is 8.31. The van der Waals surface area contributed by atoms with Gasteiger partial charge < -0.3 is 20.1 Å². The van der Waals surface area contributed by atoms with E-state index < -0.39 is 18.1 Å². The summed E-state index contributed by atoms with van der Waals surface area (Å²) in [6.07, 6.45) is 1.10. The Kier molecular flexibility index (Phi) is 10.1. The summed E-state index contributed by atoms with van der Waals surface area (Å²) in [5.74, 6) is -1.22. The van der Waals surface area contributed by atoms with Crippen molar-refractivity contribution >= 4 is 40.6 Å². The first-order valence-electron chi connectivity index (χ1n) is 11.0. The number of unbranched alkanes of at least 4 members (excludes halogenated alkanes) is 1. The predicted molar refractivity (Wildman–Crippen MR) is 133 cm³/mol. The molecule has 0 aliphatic carbocycles. The molecule has 3 rings (SSSR count). The first-order valence-corrected chi connectivity index (χ1v) is 12.8. The Balaban J connectivity index is 1.48. The molecule has 2 aromatic heterocycles. The summed E-state index contributed by atoms with van der Waals surface area (Å²) in [6.45, 7) is 0.828. The fraction of sp³-hybridized carbons (Fsp3) is 0.320. The van der Waals surface area contributed by atoms with Gasteiger partial charge in [0.05, 0.1) is 13.0 Å². The number of benzene rings is 1. The number of amides is 2. The van der Waals surface area contributed by atoms with E-state index in [1.165, 1.54) is 27.6 Å². The number of aliphatic carboxylic acids is 1. The molecule has 2 amide bonds. The fourth-order valence-corrected chi connectivity index (χ4v) is 4.84. The lowest BCUT2D eigenvalue weighted by atomic mass is 10.1. The predicted octanol–water partition coefficient (Wildman–Crippen LogP) is 4.93. The summed E-state index contributed by atoms with van der Waals surface area (Å²) in [6, 6.07) is 16.0. The van der Waals surface area contributed by atoms with Gasteiger partial charge in [0.15, 0.2) is 0 Å². The van der Waals surface area contributed by atoms with Gasteiger partial charge in [0, 0.05) is 16.3 Å². The first-order chi connectivity index (χ1) is 16.5. The van der Waals surface area contributed by atoms with Crippen molar-refractivity contribution in [1.29, 1.82) is 0 Å². The topological polar surface area (TPSA) is 95.9 Å². The molecule has 0 radical (unpaired) electrons. The molecule has 180 valence electrons. The molecular weight excluding hydrogens is 472 g/mol. The Morgan fingerprint density at radius 2 is 1.65 bits per heavy atom. The maximum absolute atomic E-state index is 13.1. The molecule has 0 fully saturated rings. The van der Waals surface area contributed by atoms with Crippen molar-refractivity contribution in [3.8, 4) is 0 Å². The molecular formula is C25H28N2O5S2. The summed E-state index contributed by atoms with van der Waals surface area (Å²) in [4.78, 5) is 40.3. The van der Waals surface area contributed by atoms with Crippen LogP contribution in [0, 0.1) is 0 Å². The number of carboxylic acids is 1. The summed E-state index contributed by atoms with van der Waals surface area (Å²) in [7, 11) is 0. The molecule has 0 unspecified atom stereocenters. The van der Waals surface area contributed by atoms with Crippen LogP contribution < -0.4 is 5.32 Å². The molecule has 7 nitrogen and oxygen atoms in total. The van der Waals surface area contributed by atoms with Crippen LogP contribution in [0.2, 0.25) is 0 Å². The number of thiophene rings is 2. The lowest BCUT2D eigenvalue weighted by Gasteiger charge is -2.29. The van der Waals surface area contributed by atoms with Crippen molar-refractivity contribution in [3.05, 3.63) is 80.7 Å². The number of ether oxygens (including phenoxy) is 1. The molecule has 0 aliphatic heterocycles. The Hall–Kier alpha value is -3.17. The lowest BCUT2D eigenvalue weighted by molar-refractivity contribution is -0.150. The average molecular weight is 501 g/mol. The van der Waals surface area contributed by atoms with E-state index in [0.717, 1.165) is 15.3 Å². The Bertz CT molecular complexity index is 1020. The lowest BCUT2D eigenvalue weighted by Crippen LogP contribution is -2.45. The van der Waals surface area contributed by atoms with Crippen LogP contribution in [0.25, 0.3) is 0 Å². The van der Waals surface area contributed by atoms with Crippen LogP contribution >= 0.6 is 22.7 Å². The molecule has 0 spiro atoms. The highest BCUT2D eigenvalue weighted by atomic mass is 32.1. The number of hydrogen-bond acceptors (Lipinski definition) is 6. The maximum Gasteiger partial charge on any atom is 0.407 e. The van der Waals surface area contributed by atoms with Gasteiger partial charge in [0.25, 0.3) is 0 Å². The zero-order valence-electron chi connectivity index (χ0n) is 18.7. The Labute approximate surface area is 207 Å². The minimum absolute atomic E-state index is 0.182. The molecule has 2 heterocycles. The normalized spacial score (nSPS) is 11.5. The summed E-state index contributed by atoms with van der Waals surface area (Å²) in [5.41, 5.74) is 0.903. The minimum Gasteiger partial charge on any atom is -0.480 e. The second-order valence-electron chi connectivity index (χ2n) is 7.70. The molecule has 1 atom stereocenters. The molecule has 0 aliphatic rings. The van der Waals surface area contributed by atoms with Crippen LogP contribution in [0.5, 0.6) is 0 Å². The number of carboxylic acid groups (broad SMARTS) is 1. The summed E-state index contributed by atoms with van der Waals surface area (Å²) < 4.78 is 5.18. The average Bonchev–Trinajstić information content (AvgIpc) is 3.54. The van der Waals surface area contributed by atoms with Gasteiger partial charge >= 0.3 is 12.1 Å². The van der Waals surface area contributed by atoms with E-state index in [1.54, 1.807) is 0 Å². The van der Waals surface area contributed by atoms with Crippen LogP contribution in [-0.2, 0) is 33.9 Å². The maximum atomic E-state index is 13.1. The van der Waals surface area contributed by atoms with Gasteiger partial charge in [0.1, 0.15) is 12.6 Å². The van der Waals surface area contributed by atoms with Crippen molar-refractivity contribution in [1.82, 2.24) is 10.2 Å². The molecule has 3 aromatic rings. The second-order valence-corrected chi connectivity index (χ2v) is 9.76. The monoisotopic (exact) mass is 500 g/mol. The molecule has 0 bridgehead atoms. The molecule has 1 aromatic carbocycles. The zero-order valence-corrected chi connectivity index (χ0v) is 20.4. The van der Waals surface area contributed by atoms with Crippen molar-refractivity contribution in [3.63, 3.8) is 0 Å². The molecule has 0 saturated heterocycles. The van der Waals surface area contributed by atoms with E-state index in [2.05, 4.69) is 5.32 Å². The van der Waals surface area contributed by atoms with Crippen LogP contribution in [0.1, 0.15) is 34.6 Å². The van der Waals surface area contributed by atoms with Gasteiger partial charge in [-0.15, -0.1) is 22.7 Å². The van der Waals surface area contributed by atoms with Crippen molar-refractivity contribution in [2.24, 2.45) is 0 Å². The van der Waals surface area contributed by atoms with E-state index >= 15 is 0 Å². The van der Waals surface area contributed by atoms with Gasteiger partial charge in [0.2, 0.25) is 5.91 Å². The SMILES string of the molecule is O=C(NCCCC[C@@H](C(=O)O)N(Cc1cccs1)C(=O)Cc1cccs1)OCc1ccccc1. The smallest absolute Gasteiger partial charge is 0.407 e. The van der Waals surface area contributed by atoms with E-state index in [1.807, 2.05) is 65.4 Å². The van der Waals surface area contributed by atoms with E-state index in [0.29, 0.717) is 25.8 Å². The van der Waals surface area contributed by atoms with Gasteiger partial charge in [-0.3, -0.25) is 4.79 Å². The molecule has 34 heavy (non-hydrogen) atoms. The third-order valence-corrected chi connectivity index (χ3v) is 6.92. The quantitative estimate of drug-likeness (QED) is 0.325.